The molecule has 0 aliphatic carbocycles. The van der Waals surface area contributed by atoms with Gasteiger partial charge in [0.15, 0.2) is 16.6 Å². The molecule has 6 nitrogen and oxygen atoms in total. The van der Waals surface area contributed by atoms with E-state index in [0.29, 0.717) is 30.3 Å². The third-order valence-electron chi connectivity index (χ3n) is 3.49. The number of nitrogens with one attached hydrogen (secondary N) is 1. The molecule has 1 aromatic rings. The van der Waals surface area contributed by atoms with Crippen molar-refractivity contribution in [1.29, 1.82) is 0 Å². The van der Waals surface area contributed by atoms with E-state index < -0.39 is 11.8 Å². The fraction of sp³-hybridized carbons (Fsp3) is 0.211. The molecule has 0 bridgehead atoms. The third-order valence-corrected chi connectivity index (χ3v) is 4.61. The first-order valence-corrected chi connectivity index (χ1v) is 9.61. The number of hydrogen-bond donors (Lipinski definition) is 1. The lowest BCUT2D eigenvalue weighted by Gasteiger charge is -2.27. The highest BCUT2D eigenvalue weighted by Crippen LogP contribution is 2.35. The van der Waals surface area contributed by atoms with Gasteiger partial charge in [-0.15, -0.1) is 6.58 Å². The van der Waals surface area contributed by atoms with Crippen molar-refractivity contribution < 1.29 is 19.1 Å². The second-order valence-corrected chi connectivity index (χ2v) is 6.93. The molecule has 0 radical (unpaired) electrons. The van der Waals surface area contributed by atoms with Gasteiger partial charge in [-0.25, -0.2) is 0 Å². The van der Waals surface area contributed by atoms with Gasteiger partial charge in [-0.05, 0) is 65.5 Å². The summed E-state index contributed by atoms with van der Waals surface area (Å²) in [4.78, 5) is 26.2. The summed E-state index contributed by atoms with van der Waals surface area (Å²) < 4.78 is 12.1. The van der Waals surface area contributed by atoms with E-state index in [2.05, 4.69) is 41.1 Å². The molecule has 1 aliphatic rings. The average Bonchev–Trinajstić information content (AvgIpc) is 2.62. The van der Waals surface area contributed by atoms with Gasteiger partial charge in [0, 0.05) is 6.54 Å². The minimum Gasteiger partial charge on any atom is -0.490 e. The number of thiocarbonyl (C=S) groups is 1. The zero-order chi connectivity index (χ0) is 20.0. The Morgan fingerprint density at radius 1 is 1.26 bits per heavy atom. The van der Waals surface area contributed by atoms with Crippen molar-refractivity contribution >= 4 is 57.8 Å². The maximum atomic E-state index is 12.6. The second-order valence-electron chi connectivity index (χ2n) is 5.38. The lowest BCUT2D eigenvalue weighted by Crippen LogP contribution is -2.53. The van der Waals surface area contributed by atoms with Crippen molar-refractivity contribution in [3.05, 3.63) is 52.1 Å². The van der Waals surface area contributed by atoms with Crippen LogP contribution in [0.15, 0.2) is 43.0 Å². The van der Waals surface area contributed by atoms with Crippen LogP contribution in [0.3, 0.4) is 0 Å². The smallest absolute Gasteiger partial charge is 0.265 e. The molecule has 1 N–H and O–H groups in total. The molecule has 1 aromatic carbocycles. The Labute approximate surface area is 177 Å². The Hall–Kier alpha value is -2.20. The summed E-state index contributed by atoms with van der Waals surface area (Å²) in [5.41, 5.74) is 0.627. The normalized spacial score (nSPS) is 15.6. The molecular weight excluding hydrogens is 479 g/mol. The summed E-state index contributed by atoms with van der Waals surface area (Å²) in [6, 6.07) is 3.53. The van der Waals surface area contributed by atoms with E-state index in [1.54, 1.807) is 24.3 Å². The van der Waals surface area contributed by atoms with Gasteiger partial charge >= 0.3 is 0 Å². The fourth-order valence-corrected chi connectivity index (χ4v) is 3.40. The maximum Gasteiger partial charge on any atom is 0.265 e. The molecule has 8 heteroatoms. The number of carbonyl (C=O) groups is 2. The minimum atomic E-state index is -0.537. The van der Waals surface area contributed by atoms with Crippen LogP contribution in [0.1, 0.15) is 12.5 Å². The molecule has 1 heterocycles. The standard InChI is InChI=1S/C19H19IN2O4S/c1-4-7-22-18(24)13(17(23)21-19(22)27)9-12-10-14(20)16(26-8-5-2)15(11-12)25-6-3/h4-5,9-11H,1-2,6-8H2,3H3,(H,21,23,27)/b13-9+. The summed E-state index contributed by atoms with van der Waals surface area (Å²) in [5.74, 6) is 0.113. The van der Waals surface area contributed by atoms with Crippen LogP contribution >= 0.6 is 34.8 Å². The monoisotopic (exact) mass is 498 g/mol. The Kier molecular flexibility index (Phi) is 7.55. The van der Waals surface area contributed by atoms with Crippen molar-refractivity contribution in [2.24, 2.45) is 0 Å². The van der Waals surface area contributed by atoms with Crippen LogP contribution in [0.25, 0.3) is 6.08 Å². The number of rotatable bonds is 8. The second kappa shape index (κ2) is 9.65. The van der Waals surface area contributed by atoms with Gasteiger partial charge in [0.2, 0.25) is 0 Å². The molecule has 0 aromatic heterocycles. The molecule has 142 valence electrons. The Morgan fingerprint density at radius 3 is 2.63 bits per heavy atom. The Balaban J connectivity index is 2.45. The van der Waals surface area contributed by atoms with Gasteiger partial charge in [0.1, 0.15) is 12.2 Å². The molecule has 27 heavy (non-hydrogen) atoms. The van der Waals surface area contributed by atoms with E-state index in [-0.39, 0.29) is 17.2 Å². The fourth-order valence-electron chi connectivity index (χ4n) is 2.37. The van der Waals surface area contributed by atoms with E-state index in [1.807, 2.05) is 6.92 Å². The largest absolute Gasteiger partial charge is 0.490 e. The molecule has 0 atom stereocenters. The highest BCUT2D eigenvalue weighted by Gasteiger charge is 2.32. The maximum absolute atomic E-state index is 12.6. The molecule has 0 spiro atoms. The van der Waals surface area contributed by atoms with Crippen molar-refractivity contribution in [2.45, 2.75) is 6.92 Å². The van der Waals surface area contributed by atoms with Crippen molar-refractivity contribution in [3.8, 4) is 11.5 Å². The van der Waals surface area contributed by atoms with Crippen LogP contribution in [0.4, 0.5) is 0 Å². The molecular formula is C19H19IN2O4S. The first-order valence-electron chi connectivity index (χ1n) is 8.12. The molecule has 1 fully saturated rings. The van der Waals surface area contributed by atoms with Crippen molar-refractivity contribution in [2.75, 3.05) is 19.8 Å². The van der Waals surface area contributed by atoms with E-state index in [1.165, 1.54) is 11.0 Å². The van der Waals surface area contributed by atoms with Crippen LogP contribution < -0.4 is 14.8 Å². The zero-order valence-corrected chi connectivity index (χ0v) is 17.8. The van der Waals surface area contributed by atoms with Gasteiger partial charge < -0.3 is 9.47 Å². The number of carbonyl (C=O) groups excluding carboxylic acids is 2. The van der Waals surface area contributed by atoms with E-state index in [0.717, 1.165) is 3.57 Å². The number of nitrogens with zero attached hydrogens (tertiary/aromatic N) is 1. The highest BCUT2D eigenvalue weighted by atomic mass is 127. The number of ether oxygens (including phenoxy) is 2. The lowest BCUT2D eigenvalue weighted by molar-refractivity contribution is -0.128. The number of benzene rings is 1. The van der Waals surface area contributed by atoms with Crippen LogP contribution in [0.5, 0.6) is 11.5 Å². The third kappa shape index (κ3) is 4.95. The summed E-state index contributed by atoms with van der Waals surface area (Å²) in [6.07, 6.45) is 4.70. The Bertz CT molecular complexity index is 835. The first kappa shape index (κ1) is 21.1. The van der Waals surface area contributed by atoms with Gasteiger partial charge in [-0.2, -0.15) is 0 Å². The van der Waals surface area contributed by atoms with Gasteiger partial charge in [-0.3, -0.25) is 19.8 Å². The SMILES string of the molecule is C=CCOc1c(I)cc(/C=C2\C(=O)NC(=S)N(CC=C)C2=O)cc1OCC. The molecule has 2 amide bonds. The Morgan fingerprint density at radius 2 is 2.00 bits per heavy atom. The quantitative estimate of drug-likeness (QED) is 0.196. The summed E-state index contributed by atoms with van der Waals surface area (Å²) in [5, 5.41) is 2.59. The predicted octanol–water partition coefficient (Wildman–Crippen LogP) is 3.07. The van der Waals surface area contributed by atoms with Crippen LogP contribution in [-0.4, -0.2) is 41.6 Å². The summed E-state index contributed by atoms with van der Waals surface area (Å²) in [7, 11) is 0. The number of halogens is 1. The molecule has 0 unspecified atom stereocenters. The number of hydrogen-bond acceptors (Lipinski definition) is 5. The van der Waals surface area contributed by atoms with Crippen LogP contribution in [0, 0.1) is 3.57 Å². The first-order chi connectivity index (χ1) is 12.9. The van der Waals surface area contributed by atoms with Gasteiger partial charge in [0.05, 0.1) is 10.2 Å². The van der Waals surface area contributed by atoms with Crippen molar-refractivity contribution in [1.82, 2.24) is 10.2 Å². The predicted molar refractivity (Wildman–Crippen MR) is 117 cm³/mol. The zero-order valence-electron chi connectivity index (χ0n) is 14.8. The van der Waals surface area contributed by atoms with E-state index in [4.69, 9.17) is 21.7 Å². The molecule has 1 saturated heterocycles. The molecule has 2 rings (SSSR count). The highest BCUT2D eigenvalue weighted by molar-refractivity contribution is 14.1. The van der Waals surface area contributed by atoms with Crippen molar-refractivity contribution in [3.63, 3.8) is 0 Å². The lowest BCUT2D eigenvalue weighted by atomic mass is 10.1. The van der Waals surface area contributed by atoms with Gasteiger partial charge in [0.25, 0.3) is 11.8 Å². The van der Waals surface area contributed by atoms with Gasteiger partial charge in [-0.1, -0.05) is 18.7 Å². The van der Waals surface area contributed by atoms with E-state index in [9.17, 15) is 9.59 Å². The van der Waals surface area contributed by atoms with Crippen LogP contribution in [0.2, 0.25) is 0 Å². The summed E-state index contributed by atoms with van der Waals surface area (Å²) >= 11 is 7.17. The molecule has 0 saturated carbocycles. The average molecular weight is 498 g/mol. The van der Waals surface area contributed by atoms with E-state index >= 15 is 0 Å². The molecule has 1 aliphatic heterocycles. The number of amides is 2. The minimum absolute atomic E-state index is 0.0107. The topological polar surface area (TPSA) is 67.9 Å². The summed E-state index contributed by atoms with van der Waals surface area (Å²) in [6.45, 7) is 10.1. The van der Waals surface area contributed by atoms with Crippen LogP contribution in [-0.2, 0) is 9.59 Å².